The first-order chi connectivity index (χ1) is 10.1. The highest BCUT2D eigenvalue weighted by atomic mass is 32.2. The summed E-state index contributed by atoms with van der Waals surface area (Å²) in [7, 11) is 1.75. The number of thioether (sulfide) groups is 1. The molecular weight excluding hydrogens is 278 g/mol. The SMILES string of the molecule is CSc1ccccc1N(C)C(=O)C#Cc1ccccc1C. The fraction of sp³-hybridized carbons (Fsp3) is 0.167. The largest absolute Gasteiger partial charge is 0.304 e. The molecule has 21 heavy (non-hydrogen) atoms. The van der Waals surface area contributed by atoms with Crippen molar-refractivity contribution >= 4 is 23.4 Å². The fourth-order valence-electron chi connectivity index (χ4n) is 1.93. The van der Waals surface area contributed by atoms with E-state index >= 15 is 0 Å². The minimum Gasteiger partial charge on any atom is -0.304 e. The molecule has 0 aromatic heterocycles. The number of hydrogen-bond donors (Lipinski definition) is 0. The summed E-state index contributed by atoms with van der Waals surface area (Å²) in [5.41, 5.74) is 2.84. The molecule has 0 unspecified atom stereocenters. The number of rotatable bonds is 2. The Kier molecular flexibility index (Phi) is 5.08. The van der Waals surface area contributed by atoms with Crippen LogP contribution in [0, 0.1) is 18.8 Å². The molecule has 2 rings (SSSR count). The number of nitrogens with zero attached hydrogens (tertiary/aromatic N) is 1. The first kappa shape index (κ1) is 15.2. The molecule has 2 nitrogen and oxygen atoms in total. The molecule has 0 spiro atoms. The smallest absolute Gasteiger partial charge is 0.303 e. The number of anilines is 1. The maximum absolute atomic E-state index is 12.2. The third-order valence-electron chi connectivity index (χ3n) is 3.20. The first-order valence-electron chi connectivity index (χ1n) is 6.62. The van der Waals surface area contributed by atoms with E-state index in [0.717, 1.165) is 21.7 Å². The summed E-state index contributed by atoms with van der Waals surface area (Å²) in [6, 6.07) is 15.6. The summed E-state index contributed by atoms with van der Waals surface area (Å²) in [4.78, 5) is 14.9. The Bertz CT molecular complexity index is 712. The lowest BCUT2D eigenvalue weighted by Gasteiger charge is -2.17. The van der Waals surface area contributed by atoms with Crippen molar-refractivity contribution in [3.05, 3.63) is 59.7 Å². The van der Waals surface area contributed by atoms with Crippen LogP contribution in [0.15, 0.2) is 53.4 Å². The van der Waals surface area contributed by atoms with Gasteiger partial charge in [-0.25, -0.2) is 0 Å². The summed E-state index contributed by atoms with van der Waals surface area (Å²) >= 11 is 1.62. The van der Waals surface area contributed by atoms with Gasteiger partial charge in [-0.05, 0) is 36.9 Å². The van der Waals surface area contributed by atoms with Gasteiger partial charge in [-0.2, -0.15) is 0 Å². The van der Waals surface area contributed by atoms with E-state index in [-0.39, 0.29) is 5.91 Å². The first-order valence-corrected chi connectivity index (χ1v) is 7.84. The van der Waals surface area contributed by atoms with Gasteiger partial charge in [-0.1, -0.05) is 36.3 Å². The van der Waals surface area contributed by atoms with Crippen LogP contribution in [-0.2, 0) is 4.79 Å². The minimum atomic E-state index is -0.209. The zero-order valence-electron chi connectivity index (χ0n) is 12.4. The standard InChI is InChI=1S/C18H17NOS/c1-14-8-4-5-9-15(14)12-13-18(20)19(2)16-10-6-7-11-17(16)21-3/h4-11H,1-3H3. The molecule has 0 N–H and O–H groups in total. The molecule has 0 bridgehead atoms. The zero-order chi connectivity index (χ0) is 15.2. The highest BCUT2D eigenvalue weighted by Crippen LogP contribution is 2.27. The summed E-state index contributed by atoms with van der Waals surface area (Å²) in [6.45, 7) is 1.99. The molecule has 0 saturated heterocycles. The Morgan fingerprint density at radius 1 is 1.10 bits per heavy atom. The predicted molar refractivity (Wildman–Crippen MR) is 89.7 cm³/mol. The summed E-state index contributed by atoms with van der Waals surface area (Å²) in [5.74, 6) is 5.46. The van der Waals surface area contributed by atoms with Gasteiger partial charge in [0.1, 0.15) is 0 Å². The molecule has 0 aliphatic heterocycles. The van der Waals surface area contributed by atoms with Gasteiger partial charge < -0.3 is 4.90 Å². The van der Waals surface area contributed by atoms with E-state index in [2.05, 4.69) is 11.8 Å². The van der Waals surface area contributed by atoms with E-state index in [1.54, 1.807) is 23.7 Å². The van der Waals surface area contributed by atoms with Crippen molar-refractivity contribution in [1.29, 1.82) is 0 Å². The van der Waals surface area contributed by atoms with Crippen molar-refractivity contribution in [3.8, 4) is 11.8 Å². The van der Waals surface area contributed by atoms with Crippen molar-refractivity contribution in [3.63, 3.8) is 0 Å². The topological polar surface area (TPSA) is 20.3 Å². The van der Waals surface area contributed by atoms with E-state index in [1.807, 2.05) is 61.7 Å². The van der Waals surface area contributed by atoms with E-state index in [1.165, 1.54) is 0 Å². The number of para-hydroxylation sites is 1. The molecule has 2 aromatic rings. The van der Waals surface area contributed by atoms with Crippen LogP contribution in [0.1, 0.15) is 11.1 Å². The van der Waals surface area contributed by atoms with Crippen LogP contribution in [0.3, 0.4) is 0 Å². The second kappa shape index (κ2) is 7.01. The van der Waals surface area contributed by atoms with Crippen molar-refractivity contribution < 1.29 is 4.79 Å². The number of carbonyl (C=O) groups excluding carboxylic acids is 1. The molecular formula is C18H17NOS. The van der Waals surface area contributed by atoms with Crippen LogP contribution in [0.4, 0.5) is 5.69 Å². The Balaban J connectivity index is 2.23. The maximum Gasteiger partial charge on any atom is 0.303 e. The van der Waals surface area contributed by atoms with Gasteiger partial charge in [0, 0.05) is 23.4 Å². The molecule has 0 heterocycles. The van der Waals surface area contributed by atoms with E-state index in [0.29, 0.717) is 0 Å². The highest BCUT2D eigenvalue weighted by molar-refractivity contribution is 7.98. The number of carbonyl (C=O) groups is 1. The van der Waals surface area contributed by atoms with Crippen LogP contribution >= 0.6 is 11.8 Å². The monoisotopic (exact) mass is 295 g/mol. The van der Waals surface area contributed by atoms with Crippen LogP contribution in [-0.4, -0.2) is 19.2 Å². The lowest BCUT2D eigenvalue weighted by atomic mass is 10.1. The van der Waals surface area contributed by atoms with Gasteiger partial charge in [0.15, 0.2) is 0 Å². The number of benzene rings is 2. The molecule has 0 radical (unpaired) electrons. The third-order valence-corrected chi connectivity index (χ3v) is 3.99. The second-order valence-electron chi connectivity index (χ2n) is 4.60. The number of aryl methyl sites for hydroxylation is 1. The normalized spacial score (nSPS) is 9.67. The molecule has 0 atom stereocenters. The third kappa shape index (κ3) is 3.68. The van der Waals surface area contributed by atoms with E-state index in [9.17, 15) is 4.79 Å². The Hall–Kier alpha value is -2.18. The summed E-state index contributed by atoms with van der Waals surface area (Å²) in [5, 5.41) is 0. The number of hydrogen-bond acceptors (Lipinski definition) is 2. The molecule has 3 heteroatoms. The van der Waals surface area contributed by atoms with E-state index < -0.39 is 0 Å². The van der Waals surface area contributed by atoms with Gasteiger partial charge in [0.05, 0.1) is 5.69 Å². The molecule has 0 fully saturated rings. The molecule has 0 aliphatic rings. The van der Waals surface area contributed by atoms with Gasteiger partial charge >= 0.3 is 5.91 Å². The quantitative estimate of drug-likeness (QED) is 0.621. The lowest BCUT2D eigenvalue weighted by molar-refractivity contribution is -0.113. The predicted octanol–water partition coefficient (Wildman–Crippen LogP) is 3.73. The molecule has 0 saturated carbocycles. The number of amides is 1. The average Bonchev–Trinajstić information content (AvgIpc) is 2.53. The van der Waals surface area contributed by atoms with Gasteiger partial charge in [-0.3, -0.25) is 4.79 Å². The van der Waals surface area contributed by atoms with Crippen LogP contribution in [0.2, 0.25) is 0 Å². The summed E-state index contributed by atoms with van der Waals surface area (Å²) < 4.78 is 0. The van der Waals surface area contributed by atoms with Crippen LogP contribution < -0.4 is 4.90 Å². The average molecular weight is 295 g/mol. The minimum absolute atomic E-state index is 0.209. The van der Waals surface area contributed by atoms with Crippen molar-refractivity contribution in [1.82, 2.24) is 0 Å². The van der Waals surface area contributed by atoms with Crippen molar-refractivity contribution in [2.24, 2.45) is 0 Å². The van der Waals surface area contributed by atoms with Gasteiger partial charge in [0.25, 0.3) is 0 Å². The maximum atomic E-state index is 12.2. The summed E-state index contributed by atoms with van der Waals surface area (Å²) in [6.07, 6.45) is 2.00. The molecule has 106 valence electrons. The Labute approximate surface area is 130 Å². The Morgan fingerprint density at radius 3 is 2.48 bits per heavy atom. The zero-order valence-corrected chi connectivity index (χ0v) is 13.2. The van der Waals surface area contributed by atoms with Crippen molar-refractivity contribution in [2.75, 3.05) is 18.2 Å². The Morgan fingerprint density at radius 2 is 1.76 bits per heavy atom. The van der Waals surface area contributed by atoms with Gasteiger partial charge in [0.2, 0.25) is 0 Å². The lowest BCUT2D eigenvalue weighted by Crippen LogP contribution is -2.25. The molecule has 1 amide bonds. The van der Waals surface area contributed by atoms with E-state index in [4.69, 9.17) is 0 Å². The molecule has 0 aliphatic carbocycles. The highest BCUT2D eigenvalue weighted by Gasteiger charge is 2.11. The molecule has 2 aromatic carbocycles. The van der Waals surface area contributed by atoms with Gasteiger partial charge in [-0.15, -0.1) is 11.8 Å². The van der Waals surface area contributed by atoms with Crippen LogP contribution in [0.25, 0.3) is 0 Å². The van der Waals surface area contributed by atoms with Crippen molar-refractivity contribution in [2.45, 2.75) is 11.8 Å². The second-order valence-corrected chi connectivity index (χ2v) is 5.45. The van der Waals surface area contributed by atoms with Crippen LogP contribution in [0.5, 0.6) is 0 Å². The fourth-order valence-corrected chi connectivity index (χ4v) is 2.56.